The summed E-state index contributed by atoms with van der Waals surface area (Å²) in [4.78, 5) is 43.5. The third kappa shape index (κ3) is 8.63. The van der Waals surface area contributed by atoms with Crippen LogP contribution in [0.4, 0.5) is 14.4 Å². The normalized spacial score (nSPS) is 11.2. The zero-order valence-corrected chi connectivity index (χ0v) is 23.7. The van der Waals surface area contributed by atoms with Crippen LogP contribution in [0.3, 0.4) is 0 Å². The molecule has 0 aromatic heterocycles. The Morgan fingerprint density at radius 3 is 1.23 bits per heavy atom. The van der Waals surface area contributed by atoms with Gasteiger partial charge in [0.1, 0.15) is 19.8 Å². The number of nitrogens with zero attached hydrogens (tertiary/aromatic N) is 1. The standard InChI is InChI=1S/C31H37NO6Si/c1-3-32(4-2)21-14-22-39(29(33)36-23-26-15-8-5-9-16-26,30(34)37-24-27-17-10-6-11-18-27)31(35)38-25-28-19-12-7-13-20-28/h5-13,15-20H,3-4,14,21-25H2,1-2H3. The van der Waals surface area contributed by atoms with Crippen molar-refractivity contribution in [3.8, 4) is 0 Å². The van der Waals surface area contributed by atoms with Crippen LogP contribution in [-0.2, 0) is 34.0 Å². The van der Waals surface area contributed by atoms with Crippen LogP contribution < -0.4 is 0 Å². The molecule has 0 spiro atoms. The smallest absolute Gasteiger partial charge is 0.431 e. The van der Waals surface area contributed by atoms with Gasteiger partial charge in [-0.1, -0.05) is 105 Å². The first kappa shape index (κ1) is 29.8. The molecular weight excluding hydrogens is 510 g/mol. The van der Waals surface area contributed by atoms with Crippen molar-refractivity contribution in [3.05, 3.63) is 108 Å². The lowest BCUT2D eigenvalue weighted by Gasteiger charge is -2.26. The van der Waals surface area contributed by atoms with Crippen LogP contribution in [0.2, 0.25) is 6.04 Å². The quantitative estimate of drug-likeness (QED) is 0.151. The SMILES string of the molecule is CCN(CC)CCC[Si](C(=O)OCc1ccccc1)(C(=O)OCc1ccccc1)C(=O)OCc1ccccc1. The van der Waals surface area contributed by atoms with Crippen molar-refractivity contribution in [2.45, 2.75) is 46.1 Å². The molecule has 0 radical (unpaired) electrons. The van der Waals surface area contributed by atoms with E-state index in [9.17, 15) is 14.4 Å². The molecule has 0 atom stereocenters. The highest BCUT2D eigenvalue weighted by molar-refractivity contribution is 7.38. The van der Waals surface area contributed by atoms with Gasteiger partial charge >= 0.3 is 8.07 Å². The van der Waals surface area contributed by atoms with E-state index in [0.29, 0.717) is 13.0 Å². The van der Waals surface area contributed by atoms with Crippen molar-refractivity contribution in [2.24, 2.45) is 0 Å². The number of carbonyl (C=O) groups is 3. The fraction of sp³-hybridized carbons (Fsp3) is 0.323. The van der Waals surface area contributed by atoms with Crippen LogP contribution in [0.1, 0.15) is 37.0 Å². The number of benzene rings is 3. The summed E-state index contributed by atoms with van der Waals surface area (Å²) in [6.07, 6.45) is 0.454. The number of hydrogen-bond donors (Lipinski definition) is 0. The number of hydrogen-bond acceptors (Lipinski definition) is 7. The summed E-state index contributed by atoms with van der Waals surface area (Å²) in [5, 5.41) is 0. The summed E-state index contributed by atoms with van der Waals surface area (Å²) in [5.74, 6) is 0. The number of rotatable bonds is 15. The zero-order chi connectivity index (χ0) is 27.9. The van der Waals surface area contributed by atoms with Gasteiger partial charge in [0.2, 0.25) is 0 Å². The lowest BCUT2D eigenvalue weighted by molar-refractivity contribution is 0.144. The van der Waals surface area contributed by atoms with E-state index in [1.807, 2.05) is 105 Å². The molecule has 7 nitrogen and oxygen atoms in total. The minimum atomic E-state index is -4.27. The van der Waals surface area contributed by atoms with Crippen molar-refractivity contribution in [2.75, 3.05) is 19.6 Å². The van der Waals surface area contributed by atoms with Crippen LogP contribution in [0.15, 0.2) is 91.0 Å². The molecule has 0 aliphatic heterocycles. The average Bonchev–Trinajstić information content (AvgIpc) is 2.99. The second-order valence-electron chi connectivity index (χ2n) is 9.22. The summed E-state index contributed by atoms with van der Waals surface area (Å²) in [7, 11) is -4.27. The van der Waals surface area contributed by atoms with E-state index < -0.39 is 24.9 Å². The highest BCUT2D eigenvalue weighted by Gasteiger charge is 2.62. The van der Waals surface area contributed by atoms with Gasteiger partial charge < -0.3 is 19.1 Å². The number of carbonyl (C=O) groups excluding carboxylic acids is 3. The highest BCUT2D eigenvalue weighted by Crippen LogP contribution is 2.25. The molecule has 0 aliphatic carbocycles. The Morgan fingerprint density at radius 2 is 0.923 bits per heavy atom. The van der Waals surface area contributed by atoms with Gasteiger partial charge in [0, 0.05) is 0 Å². The first-order chi connectivity index (χ1) is 19.0. The molecule has 0 heterocycles. The predicted molar refractivity (Wildman–Crippen MR) is 153 cm³/mol. The van der Waals surface area contributed by atoms with Gasteiger partial charge in [-0.2, -0.15) is 0 Å². The van der Waals surface area contributed by atoms with E-state index in [1.54, 1.807) is 0 Å². The third-order valence-electron chi connectivity index (χ3n) is 6.60. The first-order valence-electron chi connectivity index (χ1n) is 13.3. The molecule has 0 amide bonds. The lowest BCUT2D eigenvalue weighted by Crippen LogP contribution is -2.60. The first-order valence-corrected chi connectivity index (χ1v) is 15.6. The van der Waals surface area contributed by atoms with Crippen LogP contribution in [0.25, 0.3) is 0 Å². The van der Waals surface area contributed by atoms with Gasteiger partial charge in [0.15, 0.2) is 0 Å². The summed E-state index contributed by atoms with van der Waals surface area (Å²) in [6, 6.07) is 27.5. The van der Waals surface area contributed by atoms with Gasteiger partial charge in [-0.3, -0.25) is 14.4 Å². The Bertz CT molecular complexity index is 1030. The zero-order valence-electron chi connectivity index (χ0n) is 22.7. The third-order valence-corrected chi connectivity index (χ3v) is 10.2. The molecule has 8 heteroatoms. The monoisotopic (exact) mass is 547 g/mol. The molecule has 0 fully saturated rings. The average molecular weight is 548 g/mol. The van der Waals surface area contributed by atoms with E-state index in [0.717, 1.165) is 29.8 Å². The molecule has 3 rings (SSSR count). The van der Waals surface area contributed by atoms with E-state index in [4.69, 9.17) is 14.2 Å². The Labute approximate surface area is 231 Å². The molecule has 0 saturated carbocycles. The van der Waals surface area contributed by atoms with Gasteiger partial charge in [-0.25, -0.2) is 0 Å². The second-order valence-corrected chi connectivity index (χ2v) is 12.8. The van der Waals surface area contributed by atoms with Crippen LogP contribution in [-0.4, -0.2) is 49.4 Å². The van der Waals surface area contributed by atoms with Crippen LogP contribution in [0, 0.1) is 0 Å². The Morgan fingerprint density at radius 1 is 0.590 bits per heavy atom. The largest absolute Gasteiger partial charge is 0.464 e. The summed E-state index contributed by atoms with van der Waals surface area (Å²) in [6.45, 7) is 6.20. The topological polar surface area (TPSA) is 82.1 Å². The van der Waals surface area contributed by atoms with E-state index in [-0.39, 0.29) is 25.9 Å². The predicted octanol–water partition coefficient (Wildman–Crippen LogP) is 6.92. The van der Waals surface area contributed by atoms with Gasteiger partial charge in [0.05, 0.1) is 0 Å². The van der Waals surface area contributed by atoms with E-state index >= 15 is 0 Å². The minimum Gasteiger partial charge on any atom is -0.464 e. The maximum absolute atomic E-state index is 13.8. The second kappa shape index (κ2) is 15.6. The molecule has 0 bridgehead atoms. The fourth-order valence-electron chi connectivity index (χ4n) is 4.20. The van der Waals surface area contributed by atoms with E-state index in [1.165, 1.54) is 0 Å². The van der Waals surface area contributed by atoms with Crippen molar-refractivity contribution >= 4 is 24.9 Å². The Kier molecular flexibility index (Phi) is 11.9. The Hall–Kier alpha value is -3.75. The summed E-state index contributed by atoms with van der Waals surface area (Å²) < 4.78 is 17.0. The molecule has 0 N–H and O–H groups in total. The van der Waals surface area contributed by atoms with Crippen molar-refractivity contribution in [3.63, 3.8) is 0 Å². The van der Waals surface area contributed by atoms with Gasteiger partial charge in [-0.05, 0) is 48.8 Å². The van der Waals surface area contributed by atoms with Gasteiger partial charge in [-0.15, -0.1) is 0 Å². The summed E-state index contributed by atoms with van der Waals surface area (Å²) in [5.41, 5.74) is -0.224. The van der Waals surface area contributed by atoms with Crippen molar-refractivity contribution in [1.82, 2.24) is 4.90 Å². The van der Waals surface area contributed by atoms with Gasteiger partial charge in [0.25, 0.3) is 16.8 Å². The lowest BCUT2D eigenvalue weighted by atomic mass is 10.2. The fourth-order valence-corrected chi connectivity index (χ4v) is 6.96. The van der Waals surface area contributed by atoms with Crippen LogP contribution >= 0.6 is 0 Å². The number of ether oxygens (including phenoxy) is 3. The minimum absolute atomic E-state index is 0.0400. The van der Waals surface area contributed by atoms with Crippen molar-refractivity contribution in [1.29, 1.82) is 0 Å². The molecule has 3 aromatic carbocycles. The molecule has 0 saturated heterocycles. The maximum atomic E-state index is 13.8. The van der Waals surface area contributed by atoms with Crippen molar-refractivity contribution < 1.29 is 28.6 Å². The highest BCUT2D eigenvalue weighted by atomic mass is 28.3. The molecular formula is C31H37NO6Si. The maximum Gasteiger partial charge on any atom is 0.431 e. The molecule has 0 aliphatic rings. The molecule has 3 aromatic rings. The van der Waals surface area contributed by atoms with Crippen LogP contribution in [0.5, 0.6) is 0 Å². The summed E-state index contributed by atoms with van der Waals surface area (Å²) >= 11 is 0. The van der Waals surface area contributed by atoms with E-state index in [2.05, 4.69) is 4.90 Å². The molecule has 0 unspecified atom stereocenters. The molecule has 39 heavy (non-hydrogen) atoms. The molecule has 206 valence electrons. The Balaban J connectivity index is 1.89.